The van der Waals surface area contributed by atoms with Crippen LogP contribution in [0.5, 0.6) is 0 Å². The minimum atomic E-state index is 0.580. The lowest BCUT2D eigenvalue weighted by Crippen LogP contribution is -2.10. The van der Waals surface area contributed by atoms with E-state index >= 15 is 0 Å². The lowest BCUT2D eigenvalue weighted by molar-refractivity contribution is 0.620. The van der Waals surface area contributed by atoms with E-state index in [2.05, 4.69) is 82.7 Å². The molecule has 6 heteroatoms. The third kappa shape index (κ3) is 5.07. The molecule has 230 valence electrons. The number of rotatable bonds is 6. The Morgan fingerprint density at radius 1 is 0.531 bits per heavy atom. The Morgan fingerprint density at radius 2 is 1.18 bits per heavy atom. The van der Waals surface area contributed by atoms with Gasteiger partial charge in [-0.05, 0) is 84.4 Å². The minimum absolute atomic E-state index is 0.580. The Bertz CT molecular complexity index is 2610. The van der Waals surface area contributed by atoms with E-state index in [-0.39, 0.29) is 0 Å². The van der Waals surface area contributed by atoms with Crippen LogP contribution in [0.25, 0.3) is 66.9 Å². The van der Waals surface area contributed by atoms with Crippen molar-refractivity contribution in [3.8, 4) is 39.9 Å². The zero-order valence-corrected chi connectivity index (χ0v) is 26.1. The Kier molecular flexibility index (Phi) is 6.74. The van der Waals surface area contributed by atoms with E-state index in [0.717, 1.165) is 78.0 Å². The molecule has 0 unspecified atom stereocenters. The fraction of sp³-hybridized carbons (Fsp3) is 0. The maximum atomic E-state index is 9.20. The maximum absolute atomic E-state index is 9.20. The summed E-state index contributed by atoms with van der Waals surface area (Å²) in [4.78, 5) is 11.7. The number of aromatic nitrogens is 2. The predicted octanol–water partition coefficient (Wildman–Crippen LogP) is 11.5. The van der Waals surface area contributed by atoms with E-state index in [1.54, 1.807) is 0 Å². The molecule has 0 amide bonds. The van der Waals surface area contributed by atoms with Gasteiger partial charge in [0.1, 0.15) is 16.7 Å². The molecule has 0 fully saturated rings. The largest absolute Gasteiger partial charge is 0.455 e. The van der Waals surface area contributed by atoms with Gasteiger partial charge in [0.2, 0.25) is 5.89 Å². The highest BCUT2D eigenvalue weighted by Crippen LogP contribution is 2.39. The van der Waals surface area contributed by atoms with Gasteiger partial charge in [-0.2, -0.15) is 5.26 Å². The maximum Gasteiger partial charge on any atom is 0.227 e. The average Bonchev–Trinajstić information content (AvgIpc) is 3.78. The number of anilines is 3. The van der Waals surface area contributed by atoms with E-state index in [1.165, 1.54) is 0 Å². The topological polar surface area (TPSA) is 79.1 Å². The van der Waals surface area contributed by atoms with Gasteiger partial charge in [-0.3, -0.25) is 4.98 Å². The van der Waals surface area contributed by atoms with Crippen molar-refractivity contribution < 1.29 is 8.83 Å². The summed E-state index contributed by atoms with van der Waals surface area (Å²) in [6.07, 6.45) is 1.88. The van der Waals surface area contributed by atoms with Crippen LogP contribution in [0.15, 0.2) is 167 Å². The molecule has 3 aromatic heterocycles. The minimum Gasteiger partial charge on any atom is -0.455 e. The number of oxazole rings is 1. The molecule has 0 aliphatic rings. The number of nitriles is 1. The molecule has 0 radical (unpaired) electrons. The normalized spacial score (nSPS) is 11.2. The SMILES string of the molecule is N#Cc1ccc(-c2ccc(N(c3ccc(-c4nc5ccccc5o4)cc3)c3ccc(-c4cccc5c4oc4ccccc45)cc3)cn2)cc1. The Morgan fingerprint density at radius 3 is 1.90 bits per heavy atom. The van der Waals surface area contributed by atoms with Gasteiger partial charge in [0, 0.05) is 38.8 Å². The number of fused-ring (bicyclic) bond motifs is 4. The smallest absolute Gasteiger partial charge is 0.227 e. The molecular formula is C43H26N4O2. The second-order valence-electron chi connectivity index (χ2n) is 11.8. The molecule has 3 heterocycles. The quantitative estimate of drug-likeness (QED) is 0.182. The number of furan rings is 1. The molecule has 9 aromatic rings. The van der Waals surface area contributed by atoms with Crippen LogP contribution in [0.4, 0.5) is 17.1 Å². The lowest BCUT2D eigenvalue weighted by atomic mass is 10.0. The van der Waals surface area contributed by atoms with Crippen molar-refractivity contribution in [2.24, 2.45) is 0 Å². The number of benzene rings is 6. The molecule has 0 spiro atoms. The van der Waals surface area contributed by atoms with E-state index in [4.69, 9.17) is 13.8 Å². The van der Waals surface area contributed by atoms with Gasteiger partial charge in [-0.15, -0.1) is 0 Å². The van der Waals surface area contributed by atoms with Crippen molar-refractivity contribution in [1.82, 2.24) is 9.97 Å². The van der Waals surface area contributed by atoms with Crippen LogP contribution >= 0.6 is 0 Å². The van der Waals surface area contributed by atoms with Crippen LogP contribution in [0.3, 0.4) is 0 Å². The van der Waals surface area contributed by atoms with Crippen molar-refractivity contribution >= 4 is 50.1 Å². The van der Waals surface area contributed by atoms with E-state index < -0.39 is 0 Å². The summed E-state index contributed by atoms with van der Waals surface area (Å²) in [7, 11) is 0. The molecule has 6 nitrogen and oxygen atoms in total. The molecule has 49 heavy (non-hydrogen) atoms. The number of nitrogens with zero attached hydrogens (tertiary/aromatic N) is 4. The fourth-order valence-corrected chi connectivity index (χ4v) is 6.37. The van der Waals surface area contributed by atoms with Gasteiger partial charge >= 0.3 is 0 Å². The Hall–Kier alpha value is -6.97. The summed E-state index contributed by atoms with van der Waals surface area (Å²) >= 11 is 0. The average molecular weight is 631 g/mol. The zero-order valence-electron chi connectivity index (χ0n) is 26.1. The molecule has 0 aliphatic heterocycles. The second-order valence-corrected chi connectivity index (χ2v) is 11.8. The lowest BCUT2D eigenvalue weighted by Gasteiger charge is -2.25. The van der Waals surface area contributed by atoms with Gasteiger partial charge in [0.05, 0.1) is 29.2 Å². The summed E-state index contributed by atoms with van der Waals surface area (Å²) in [5, 5.41) is 11.4. The van der Waals surface area contributed by atoms with Crippen molar-refractivity contribution in [2.45, 2.75) is 0 Å². The van der Waals surface area contributed by atoms with Crippen molar-refractivity contribution in [2.75, 3.05) is 4.90 Å². The summed E-state index contributed by atoms with van der Waals surface area (Å²) in [6.45, 7) is 0. The third-order valence-electron chi connectivity index (χ3n) is 8.82. The first-order valence-corrected chi connectivity index (χ1v) is 16.0. The van der Waals surface area contributed by atoms with Crippen molar-refractivity contribution in [3.05, 3.63) is 163 Å². The van der Waals surface area contributed by atoms with Gasteiger partial charge in [0.25, 0.3) is 0 Å². The monoisotopic (exact) mass is 630 g/mol. The molecule has 0 N–H and O–H groups in total. The standard InChI is InChI=1S/C43H26N4O2/c44-26-28-12-14-30(15-13-28)38-25-24-34(27-45-38)47(33-22-18-31(19-23-33)43-46-39-9-2-4-11-41(39)49-43)32-20-16-29(17-21-32)35-7-5-8-37-36-6-1-3-10-40(36)48-42(35)37/h1-25,27H. The van der Waals surface area contributed by atoms with Crippen LogP contribution in [-0.2, 0) is 0 Å². The Labute approximate surface area is 281 Å². The Balaban J connectivity index is 1.10. The van der Waals surface area contributed by atoms with Crippen molar-refractivity contribution in [1.29, 1.82) is 5.26 Å². The molecule has 0 saturated carbocycles. The highest BCUT2D eigenvalue weighted by molar-refractivity contribution is 6.09. The molecule has 0 atom stereocenters. The van der Waals surface area contributed by atoms with Crippen LogP contribution < -0.4 is 4.90 Å². The highest BCUT2D eigenvalue weighted by atomic mass is 16.3. The van der Waals surface area contributed by atoms with E-state index in [0.29, 0.717) is 11.5 Å². The van der Waals surface area contributed by atoms with Gasteiger partial charge in [-0.1, -0.05) is 72.8 Å². The first-order chi connectivity index (χ1) is 24.2. The number of pyridine rings is 1. The van der Waals surface area contributed by atoms with Crippen LogP contribution in [0, 0.1) is 11.3 Å². The summed E-state index contributed by atoms with van der Waals surface area (Å²) in [6, 6.07) is 52.7. The van der Waals surface area contributed by atoms with E-state index in [9.17, 15) is 5.26 Å². The van der Waals surface area contributed by atoms with Crippen LogP contribution in [0.2, 0.25) is 0 Å². The number of para-hydroxylation sites is 4. The van der Waals surface area contributed by atoms with Gasteiger partial charge in [0.15, 0.2) is 5.58 Å². The first-order valence-electron chi connectivity index (χ1n) is 16.0. The predicted molar refractivity (Wildman–Crippen MR) is 195 cm³/mol. The fourth-order valence-electron chi connectivity index (χ4n) is 6.37. The summed E-state index contributed by atoms with van der Waals surface area (Å²) < 4.78 is 12.4. The summed E-state index contributed by atoms with van der Waals surface area (Å²) in [5.74, 6) is 0.580. The van der Waals surface area contributed by atoms with Crippen LogP contribution in [-0.4, -0.2) is 9.97 Å². The van der Waals surface area contributed by atoms with Crippen molar-refractivity contribution in [3.63, 3.8) is 0 Å². The number of hydrogen-bond acceptors (Lipinski definition) is 6. The molecule has 6 aromatic carbocycles. The second kappa shape index (κ2) is 11.7. The molecular weight excluding hydrogens is 604 g/mol. The molecule has 9 rings (SSSR count). The van der Waals surface area contributed by atoms with Gasteiger partial charge in [-0.25, -0.2) is 4.98 Å². The first kappa shape index (κ1) is 28.3. The van der Waals surface area contributed by atoms with Gasteiger partial charge < -0.3 is 13.7 Å². The molecule has 0 aliphatic carbocycles. The summed E-state index contributed by atoms with van der Waals surface area (Å²) in [5.41, 5.74) is 11.6. The molecule has 0 bridgehead atoms. The zero-order chi connectivity index (χ0) is 32.7. The third-order valence-corrected chi connectivity index (χ3v) is 8.82. The van der Waals surface area contributed by atoms with E-state index in [1.807, 2.05) is 91.1 Å². The molecule has 0 saturated heterocycles. The highest BCUT2D eigenvalue weighted by Gasteiger charge is 2.17. The number of hydrogen-bond donors (Lipinski definition) is 0. The van der Waals surface area contributed by atoms with Crippen LogP contribution in [0.1, 0.15) is 5.56 Å².